The van der Waals surface area contributed by atoms with Crippen LogP contribution in [-0.4, -0.2) is 49.7 Å². The molecular formula is C25H30ClN3O4. The smallest absolute Gasteiger partial charge is 0.319 e. The van der Waals surface area contributed by atoms with Crippen molar-refractivity contribution in [2.24, 2.45) is 0 Å². The van der Waals surface area contributed by atoms with Crippen LogP contribution in [0.3, 0.4) is 0 Å². The molecule has 1 fully saturated rings. The van der Waals surface area contributed by atoms with E-state index >= 15 is 0 Å². The van der Waals surface area contributed by atoms with Crippen molar-refractivity contribution in [3.8, 4) is 11.5 Å². The number of rotatable bonds is 8. The third-order valence-corrected chi connectivity index (χ3v) is 5.68. The number of benzene rings is 2. The molecule has 1 saturated heterocycles. The molecular weight excluding hydrogens is 442 g/mol. The second-order valence-electron chi connectivity index (χ2n) is 7.68. The number of amides is 3. The molecule has 1 aliphatic heterocycles. The number of anilines is 1. The molecule has 0 radical (unpaired) electrons. The molecule has 0 aromatic heterocycles. The Morgan fingerprint density at radius 1 is 1.21 bits per heavy atom. The lowest BCUT2D eigenvalue weighted by molar-refractivity contribution is -0.129. The number of hydrogen-bond acceptors (Lipinski definition) is 4. The third-order valence-electron chi connectivity index (χ3n) is 5.40. The normalized spacial score (nSPS) is 15.8. The Bertz CT molecular complexity index is 981. The van der Waals surface area contributed by atoms with Gasteiger partial charge in [-0.25, -0.2) is 4.79 Å². The lowest BCUT2D eigenvalue weighted by Crippen LogP contribution is -2.49. The van der Waals surface area contributed by atoms with E-state index in [1.54, 1.807) is 25.3 Å². The molecule has 0 bridgehead atoms. The molecule has 2 N–H and O–H groups in total. The highest BCUT2D eigenvalue weighted by Gasteiger charge is 2.25. The highest BCUT2D eigenvalue weighted by molar-refractivity contribution is 6.32. The van der Waals surface area contributed by atoms with Crippen LogP contribution in [0.15, 0.2) is 48.5 Å². The lowest BCUT2D eigenvalue weighted by Gasteiger charge is -2.35. The van der Waals surface area contributed by atoms with E-state index < -0.39 is 0 Å². The molecule has 2 aromatic carbocycles. The number of ether oxygens (including phenoxy) is 2. The fraction of sp³-hybridized carbons (Fsp3) is 0.360. The summed E-state index contributed by atoms with van der Waals surface area (Å²) in [5, 5.41) is 6.11. The summed E-state index contributed by atoms with van der Waals surface area (Å²) in [6, 6.07) is 12.4. The average molecular weight is 472 g/mol. The summed E-state index contributed by atoms with van der Waals surface area (Å²) in [6.45, 7) is 3.39. The SMILES string of the molecule is CCOc1c(Cl)cc(/C=C/C(=O)N2CCCC[C@H]2CNC(=O)Nc2ccccc2)cc1OC. The van der Waals surface area contributed by atoms with E-state index in [4.69, 9.17) is 21.1 Å². The van der Waals surface area contributed by atoms with Gasteiger partial charge >= 0.3 is 6.03 Å². The number of nitrogens with one attached hydrogen (secondary N) is 2. The number of piperidine rings is 1. The summed E-state index contributed by atoms with van der Waals surface area (Å²) in [7, 11) is 1.55. The molecule has 8 heteroatoms. The topological polar surface area (TPSA) is 79.9 Å². The van der Waals surface area contributed by atoms with Gasteiger partial charge in [-0.15, -0.1) is 0 Å². The average Bonchev–Trinajstić information content (AvgIpc) is 2.83. The molecule has 0 aliphatic carbocycles. The van der Waals surface area contributed by atoms with Gasteiger partial charge in [-0.2, -0.15) is 0 Å². The minimum Gasteiger partial charge on any atom is -0.493 e. The van der Waals surface area contributed by atoms with Crippen molar-refractivity contribution >= 4 is 35.3 Å². The maximum atomic E-state index is 12.9. The first-order valence-corrected chi connectivity index (χ1v) is 11.5. The molecule has 176 valence electrons. The maximum absolute atomic E-state index is 12.9. The first-order valence-electron chi connectivity index (χ1n) is 11.1. The van der Waals surface area contributed by atoms with Gasteiger partial charge in [0.05, 0.1) is 18.7 Å². The van der Waals surface area contributed by atoms with E-state index in [0.717, 1.165) is 30.5 Å². The second kappa shape index (κ2) is 12.2. The van der Waals surface area contributed by atoms with Gasteiger partial charge in [0.2, 0.25) is 5.91 Å². The quantitative estimate of drug-likeness (QED) is 0.533. The van der Waals surface area contributed by atoms with Gasteiger partial charge in [-0.3, -0.25) is 4.79 Å². The van der Waals surface area contributed by atoms with Gasteiger partial charge in [0.25, 0.3) is 0 Å². The van der Waals surface area contributed by atoms with Gasteiger partial charge < -0.3 is 25.0 Å². The van der Waals surface area contributed by atoms with Crippen molar-refractivity contribution in [3.63, 3.8) is 0 Å². The van der Waals surface area contributed by atoms with Crippen molar-refractivity contribution < 1.29 is 19.1 Å². The summed E-state index contributed by atoms with van der Waals surface area (Å²) in [4.78, 5) is 27.0. The summed E-state index contributed by atoms with van der Waals surface area (Å²) in [5.41, 5.74) is 1.46. The number of hydrogen-bond donors (Lipinski definition) is 2. The van der Waals surface area contributed by atoms with E-state index in [2.05, 4.69) is 10.6 Å². The van der Waals surface area contributed by atoms with Crippen molar-refractivity contribution in [1.29, 1.82) is 0 Å². The monoisotopic (exact) mass is 471 g/mol. The van der Waals surface area contributed by atoms with Gasteiger partial charge in [-0.05, 0) is 62.1 Å². The number of urea groups is 1. The molecule has 0 spiro atoms. The molecule has 0 saturated carbocycles. The highest BCUT2D eigenvalue weighted by atomic mass is 35.5. The summed E-state index contributed by atoms with van der Waals surface area (Å²) in [6.07, 6.45) is 6.05. The number of para-hydroxylation sites is 1. The Hall–Kier alpha value is -3.19. The Labute approximate surface area is 199 Å². The Kier molecular flexibility index (Phi) is 9.01. The van der Waals surface area contributed by atoms with Crippen LogP contribution in [0.2, 0.25) is 5.02 Å². The molecule has 1 heterocycles. The fourth-order valence-electron chi connectivity index (χ4n) is 3.79. The predicted molar refractivity (Wildman–Crippen MR) is 131 cm³/mol. The first-order chi connectivity index (χ1) is 16.0. The second-order valence-corrected chi connectivity index (χ2v) is 8.09. The van der Waals surface area contributed by atoms with Crippen molar-refractivity contribution in [2.75, 3.05) is 32.1 Å². The fourth-order valence-corrected chi connectivity index (χ4v) is 4.07. The molecule has 7 nitrogen and oxygen atoms in total. The van der Waals surface area contributed by atoms with Gasteiger partial charge in [0, 0.05) is 30.9 Å². The first kappa shape index (κ1) is 24.5. The molecule has 3 rings (SSSR count). The van der Waals surface area contributed by atoms with Crippen LogP contribution in [-0.2, 0) is 4.79 Å². The van der Waals surface area contributed by atoms with E-state index in [0.29, 0.717) is 36.2 Å². The molecule has 0 unspecified atom stereocenters. The van der Waals surface area contributed by atoms with Gasteiger partial charge in [0.1, 0.15) is 0 Å². The summed E-state index contributed by atoms with van der Waals surface area (Å²) in [5.74, 6) is 0.899. The van der Waals surface area contributed by atoms with Crippen molar-refractivity contribution in [1.82, 2.24) is 10.2 Å². The number of likely N-dealkylation sites (tertiary alicyclic amines) is 1. The van der Waals surface area contributed by atoms with Crippen LogP contribution in [0, 0.1) is 0 Å². The summed E-state index contributed by atoms with van der Waals surface area (Å²) >= 11 is 6.33. The maximum Gasteiger partial charge on any atom is 0.319 e. The Morgan fingerprint density at radius 3 is 2.73 bits per heavy atom. The van der Waals surface area contributed by atoms with Gasteiger partial charge in [-0.1, -0.05) is 29.8 Å². The standard InChI is InChI=1S/C25H30ClN3O4/c1-3-33-24-21(26)15-18(16-22(24)32-2)12-13-23(30)29-14-8-7-11-20(29)17-27-25(31)28-19-9-5-4-6-10-19/h4-6,9-10,12-13,15-16,20H,3,7-8,11,14,17H2,1-2H3,(H2,27,28,31)/b13-12+/t20-/m0/s1. The number of nitrogens with zero attached hydrogens (tertiary/aromatic N) is 1. The minimum atomic E-state index is -0.286. The molecule has 1 aliphatic rings. The molecule has 3 amide bonds. The van der Waals surface area contributed by atoms with E-state index in [1.165, 1.54) is 6.08 Å². The van der Waals surface area contributed by atoms with Crippen LogP contribution in [0.5, 0.6) is 11.5 Å². The Morgan fingerprint density at radius 2 is 2.00 bits per heavy atom. The number of carbonyl (C=O) groups is 2. The predicted octanol–water partition coefficient (Wildman–Crippen LogP) is 4.96. The van der Waals surface area contributed by atoms with Crippen LogP contribution >= 0.6 is 11.6 Å². The summed E-state index contributed by atoms with van der Waals surface area (Å²) < 4.78 is 10.9. The van der Waals surface area contributed by atoms with Crippen LogP contribution < -0.4 is 20.1 Å². The number of carbonyl (C=O) groups excluding carboxylic acids is 2. The zero-order chi connectivity index (χ0) is 23.6. The van der Waals surface area contributed by atoms with Gasteiger partial charge in [0.15, 0.2) is 11.5 Å². The zero-order valence-electron chi connectivity index (χ0n) is 19.0. The largest absolute Gasteiger partial charge is 0.493 e. The zero-order valence-corrected chi connectivity index (χ0v) is 19.7. The van der Waals surface area contributed by atoms with Crippen molar-refractivity contribution in [3.05, 3.63) is 59.1 Å². The molecule has 1 atom stereocenters. The van der Waals surface area contributed by atoms with Crippen LogP contribution in [0.4, 0.5) is 10.5 Å². The van der Waals surface area contributed by atoms with Crippen LogP contribution in [0.25, 0.3) is 6.08 Å². The highest BCUT2D eigenvalue weighted by Crippen LogP contribution is 2.36. The third kappa shape index (κ3) is 6.89. The number of methoxy groups -OCH3 is 1. The molecule has 33 heavy (non-hydrogen) atoms. The van der Waals surface area contributed by atoms with E-state index in [1.807, 2.05) is 42.2 Å². The lowest BCUT2D eigenvalue weighted by atomic mass is 10.0. The number of halogens is 1. The van der Waals surface area contributed by atoms with E-state index in [-0.39, 0.29) is 18.0 Å². The molecule has 2 aromatic rings. The Balaban J connectivity index is 1.62. The van der Waals surface area contributed by atoms with Crippen molar-refractivity contribution in [2.45, 2.75) is 32.2 Å². The van der Waals surface area contributed by atoms with Crippen LogP contribution in [0.1, 0.15) is 31.7 Å². The minimum absolute atomic E-state index is 0.0594. The van der Waals surface area contributed by atoms with E-state index in [9.17, 15) is 9.59 Å².